The van der Waals surface area contributed by atoms with E-state index >= 15 is 0 Å². The molecule has 24 heavy (non-hydrogen) atoms. The van der Waals surface area contributed by atoms with Crippen LogP contribution < -0.4 is 10.1 Å². The van der Waals surface area contributed by atoms with Gasteiger partial charge in [0.25, 0.3) is 5.91 Å². The first-order valence-electron chi connectivity index (χ1n) is 8.32. The van der Waals surface area contributed by atoms with Gasteiger partial charge >= 0.3 is 0 Å². The maximum atomic E-state index is 12.2. The van der Waals surface area contributed by atoms with Gasteiger partial charge in [0.2, 0.25) is 11.1 Å². The van der Waals surface area contributed by atoms with Crippen molar-refractivity contribution in [2.75, 3.05) is 17.7 Å². The van der Waals surface area contributed by atoms with Crippen LogP contribution in [0.2, 0.25) is 0 Å². The third-order valence-electron chi connectivity index (χ3n) is 3.35. The van der Waals surface area contributed by atoms with E-state index in [2.05, 4.69) is 27.4 Å². The van der Waals surface area contributed by atoms with Crippen molar-refractivity contribution in [2.45, 2.75) is 44.7 Å². The number of hydrogen-bond donors (Lipinski definition) is 2. The quantitative estimate of drug-likeness (QED) is 0.498. The molecule has 0 aliphatic rings. The van der Waals surface area contributed by atoms with Crippen molar-refractivity contribution in [1.29, 1.82) is 0 Å². The number of carbonyl (C=O) groups excluding carboxylic acids is 1. The minimum Gasteiger partial charge on any atom is -0.494 e. The average molecular weight is 348 g/mol. The molecule has 2 aromatic rings. The minimum absolute atomic E-state index is 0.228. The fraction of sp³-hybridized carbons (Fsp3) is 0.471. The third-order valence-corrected chi connectivity index (χ3v) is 4.08. The summed E-state index contributed by atoms with van der Waals surface area (Å²) in [6.45, 7) is 4.92. The molecule has 2 rings (SSSR count). The van der Waals surface area contributed by atoms with Gasteiger partial charge in [0.15, 0.2) is 0 Å². The van der Waals surface area contributed by atoms with Gasteiger partial charge in [0.05, 0.1) is 6.61 Å². The number of unbranched alkanes of at least 4 members (excludes halogenated alkanes) is 3. The summed E-state index contributed by atoms with van der Waals surface area (Å²) in [5, 5.41) is 10.0. The Morgan fingerprint density at radius 3 is 2.71 bits per heavy atom. The molecule has 6 nitrogen and oxygen atoms in total. The molecular formula is C17H24N4O2S. The molecule has 0 aliphatic heterocycles. The van der Waals surface area contributed by atoms with Crippen LogP contribution in [0.15, 0.2) is 29.4 Å². The summed E-state index contributed by atoms with van der Waals surface area (Å²) in [5.74, 6) is 1.79. The van der Waals surface area contributed by atoms with Gasteiger partial charge in [-0.3, -0.25) is 10.1 Å². The Hall–Kier alpha value is -2.02. The van der Waals surface area contributed by atoms with Gasteiger partial charge in [-0.05, 0) is 36.4 Å². The number of anilines is 1. The number of thioether (sulfide) groups is 1. The molecule has 0 unspecified atom stereocenters. The number of amides is 1. The van der Waals surface area contributed by atoms with Crippen LogP contribution in [0.1, 0.15) is 49.9 Å². The lowest BCUT2D eigenvalue weighted by Gasteiger charge is -2.07. The first-order chi connectivity index (χ1) is 11.7. The SMILES string of the molecule is CCCCCCOc1ccc(C(=O)Nc2nc(SCC)n[nH]2)cc1. The number of aromatic amines is 1. The fourth-order valence-corrected chi connectivity index (χ4v) is 2.62. The zero-order valence-electron chi connectivity index (χ0n) is 14.2. The van der Waals surface area contributed by atoms with Crippen LogP contribution in [-0.4, -0.2) is 33.4 Å². The lowest BCUT2D eigenvalue weighted by atomic mass is 10.2. The standard InChI is InChI=1S/C17H24N4O2S/c1-3-5-6-7-12-23-14-10-8-13(9-11-14)15(22)18-16-19-17(21-20-16)24-4-2/h8-11H,3-7,12H2,1-2H3,(H2,18,19,20,21,22). The molecular weight excluding hydrogens is 324 g/mol. The molecule has 7 heteroatoms. The van der Waals surface area contributed by atoms with Crippen molar-refractivity contribution in [3.05, 3.63) is 29.8 Å². The Bertz CT molecular complexity index is 628. The predicted molar refractivity (Wildman–Crippen MR) is 96.8 cm³/mol. The average Bonchev–Trinajstić information content (AvgIpc) is 3.02. The van der Waals surface area contributed by atoms with Crippen LogP contribution in [0.25, 0.3) is 0 Å². The third kappa shape index (κ3) is 5.88. The molecule has 130 valence electrons. The minimum atomic E-state index is -0.228. The Morgan fingerprint density at radius 1 is 1.21 bits per heavy atom. The van der Waals surface area contributed by atoms with Crippen molar-refractivity contribution in [1.82, 2.24) is 15.2 Å². The van der Waals surface area contributed by atoms with E-state index in [1.165, 1.54) is 31.0 Å². The lowest BCUT2D eigenvalue weighted by Crippen LogP contribution is -2.13. The molecule has 1 amide bonds. The van der Waals surface area contributed by atoms with E-state index in [-0.39, 0.29) is 5.91 Å². The van der Waals surface area contributed by atoms with Gasteiger partial charge in [-0.1, -0.05) is 44.9 Å². The molecule has 1 aromatic carbocycles. The number of nitrogens with one attached hydrogen (secondary N) is 2. The Labute approximate surface area is 146 Å². The highest BCUT2D eigenvalue weighted by molar-refractivity contribution is 7.99. The van der Waals surface area contributed by atoms with Crippen LogP contribution >= 0.6 is 11.8 Å². The summed E-state index contributed by atoms with van der Waals surface area (Å²) in [6.07, 6.45) is 4.70. The van der Waals surface area contributed by atoms with Gasteiger partial charge < -0.3 is 4.74 Å². The van der Waals surface area contributed by atoms with E-state index in [1.54, 1.807) is 12.1 Å². The second-order valence-electron chi connectivity index (χ2n) is 5.29. The summed E-state index contributed by atoms with van der Waals surface area (Å²) >= 11 is 1.51. The molecule has 2 N–H and O–H groups in total. The number of H-pyrrole nitrogens is 1. The van der Waals surface area contributed by atoms with Crippen LogP contribution in [0.3, 0.4) is 0 Å². The molecule has 0 aliphatic carbocycles. The summed E-state index contributed by atoms with van der Waals surface area (Å²) in [5.41, 5.74) is 0.550. The number of hydrogen-bond acceptors (Lipinski definition) is 5. The summed E-state index contributed by atoms with van der Waals surface area (Å²) in [4.78, 5) is 16.4. The van der Waals surface area contributed by atoms with Crippen LogP contribution in [0.5, 0.6) is 5.75 Å². The zero-order valence-corrected chi connectivity index (χ0v) is 15.0. The molecule has 0 atom stereocenters. The van der Waals surface area contributed by atoms with Gasteiger partial charge in [-0.15, -0.1) is 5.10 Å². The molecule has 0 fully saturated rings. The highest BCUT2D eigenvalue weighted by Crippen LogP contribution is 2.16. The number of nitrogens with zero attached hydrogens (tertiary/aromatic N) is 2. The Morgan fingerprint density at radius 2 is 2.00 bits per heavy atom. The summed E-state index contributed by atoms with van der Waals surface area (Å²) in [7, 11) is 0. The number of carbonyl (C=O) groups is 1. The van der Waals surface area contributed by atoms with Crippen molar-refractivity contribution in [3.63, 3.8) is 0 Å². The van der Waals surface area contributed by atoms with Crippen LogP contribution in [0.4, 0.5) is 5.95 Å². The highest BCUT2D eigenvalue weighted by Gasteiger charge is 2.09. The van der Waals surface area contributed by atoms with Crippen LogP contribution in [-0.2, 0) is 0 Å². The normalized spacial score (nSPS) is 10.6. The molecule has 0 saturated carbocycles. The van der Waals surface area contributed by atoms with E-state index in [9.17, 15) is 4.79 Å². The maximum Gasteiger partial charge on any atom is 0.258 e. The van der Waals surface area contributed by atoms with E-state index in [1.807, 2.05) is 19.1 Å². The lowest BCUT2D eigenvalue weighted by molar-refractivity contribution is 0.102. The predicted octanol–water partition coefficient (Wildman–Crippen LogP) is 4.13. The van der Waals surface area contributed by atoms with Crippen molar-refractivity contribution >= 4 is 23.6 Å². The monoisotopic (exact) mass is 348 g/mol. The largest absolute Gasteiger partial charge is 0.494 e. The molecule has 1 aromatic heterocycles. The molecule has 0 bridgehead atoms. The maximum absolute atomic E-state index is 12.2. The van der Waals surface area contributed by atoms with Gasteiger partial charge in [0.1, 0.15) is 5.75 Å². The molecule has 0 spiro atoms. The van der Waals surface area contributed by atoms with E-state index < -0.39 is 0 Å². The van der Waals surface area contributed by atoms with Gasteiger partial charge in [-0.2, -0.15) is 4.98 Å². The highest BCUT2D eigenvalue weighted by atomic mass is 32.2. The van der Waals surface area contributed by atoms with E-state index in [0.29, 0.717) is 23.3 Å². The van der Waals surface area contributed by atoms with E-state index in [4.69, 9.17) is 4.74 Å². The van der Waals surface area contributed by atoms with Gasteiger partial charge in [0, 0.05) is 5.56 Å². The van der Waals surface area contributed by atoms with Crippen LogP contribution in [0, 0.1) is 0 Å². The number of aromatic nitrogens is 3. The smallest absolute Gasteiger partial charge is 0.258 e. The van der Waals surface area contributed by atoms with Crippen molar-refractivity contribution in [2.24, 2.45) is 0 Å². The topological polar surface area (TPSA) is 79.9 Å². The van der Waals surface area contributed by atoms with Crippen molar-refractivity contribution in [3.8, 4) is 5.75 Å². The zero-order chi connectivity index (χ0) is 17.2. The second kappa shape index (κ2) is 9.97. The first-order valence-corrected chi connectivity index (χ1v) is 9.31. The number of benzene rings is 1. The summed E-state index contributed by atoms with van der Waals surface area (Å²) in [6, 6.07) is 7.12. The molecule has 1 heterocycles. The van der Waals surface area contributed by atoms with E-state index in [0.717, 1.165) is 17.9 Å². The summed E-state index contributed by atoms with van der Waals surface area (Å²) < 4.78 is 5.67. The number of ether oxygens (including phenoxy) is 1. The van der Waals surface area contributed by atoms with Crippen molar-refractivity contribution < 1.29 is 9.53 Å². The molecule has 0 radical (unpaired) electrons. The Balaban J connectivity index is 1.81. The van der Waals surface area contributed by atoms with Gasteiger partial charge in [-0.25, -0.2) is 5.10 Å². The Kier molecular flexibility index (Phi) is 7.61. The first kappa shape index (κ1) is 18.3. The fourth-order valence-electron chi connectivity index (χ4n) is 2.10. The molecule has 0 saturated heterocycles. The second-order valence-corrected chi connectivity index (χ2v) is 6.52. The number of rotatable bonds is 10.